The zero-order valence-corrected chi connectivity index (χ0v) is 18.0. The fraction of sp³-hybridized carbons (Fsp3) is 0.250. The van der Waals surface area contributed by atoms with E-state index < -0.39 is 0 Å². The third kappa shape index (κ3) is 4.33. The number of hydrogen-bond donors (Lipinski definition) is 0. The monoisotopic (exact) mass is 421 g/mol. The van der Waals surface area contributed by atoms with Crippen LogP contribution in [0.2, 0.25) is 0 Å². The van der Waals surface area contributed by atoms with Crippen molar-refractivity contribution in [2.75, 3.05) is 31.1 Å². The Labute approximate surface area is 180 Å². The standard InChI is InChI=1S/C24H24FN3OS/c1-17-9-10-19(16-18(17)2)30-23-20(6-5-11-26-23)24(29)28-14-12-27(13-15-28)22-8-4-3-7-21(22)25/h3-11,16H,12-15H2,1-2H3. The topological polar surface area (TPSA) is 36.4 Å². The summed E-state index contributed by atoms with van der Waals surface area (Å²) in [5, 5.41) is 0.710. The van der Waals surface area contributed by atoms with E-state index in [9.17, 15) is 9.18 Å². The van der Waals surface area contributed by atoms with E-state index in [-0.39, 0.29) is 11.7 Å². The molecule has 0 bridgehead atoms. The van der Waals surface area contributed by atoms with E-state index in [4.69, 9.17) is 0 Å². The first-order valence-corrected chi connectivity index (χ1v) is 10.8. The van der Waals surface area contributed by atoms with Gasteiger partial charge in [0.1, 0.15) is 10.8 Å². The summed E-state index contributed by atoms with van der Waals surface area (Å²) >= 11 is 1.51. The van der Waals surface area contributed by atoms with Gasteiger partial charge in [-0.25, -0.2) is 9.37 Å². The minimum atomic E-state index is -0.225. The Morgan fingerprint density at radius 3 is 2.47 bits per heavy atom. The molecule has 4 nitrogen and oxygen atoms in total. The van der Waals surface area contributed by atoms with Crippen LogP contribution in [-0.4, -0.2) is 42.0 Å². The van der Waals surface area contributed by atoms with Gasteiger partial charge in [0.05, 0.1) is 11.3 Å². The highest BCUT2D eigenvalue weighted by atomic mass is 32.2. The van der Waals surface area contributed by atoms with Crippen LogP contribution in [0.4, 0.5) is 10.1 Å². The van der Waals surface area contributed by atoms with Gasteiger partial charge in [0.15, 0.2) is 0 Å². The van der Waals surface area contributed by atoms with Crippen LogP contribution in [0, 0.1) is 19.7 Å². The average molecular weight is 422 g/mol. The molecule has 30 heavy (non-hydrogen) atoms. The number of hydrogen-bond acceptors (Lipinski definition) is 4. The molecule has 1 aliphatic rings. The molecule has 2 heterocycles. The molecular formula is C24H24FN3OS. The number of carbonyl (C=O) groups is 1. The van der Waals surface area contributed by atoms with E-state index in [1.54, 1.807) is 24.4 Å². The molecule has 0 radical (unpaired) electrons. The quantitative estimate of drug-likeness (QED) is 0.597. The fourth-order valence-electron chi connectivity index (χ4n) is 3.55. The second-order valence-electron chi connectivity index (χ2n) is 7.43. The van der Waals surface area contributed by atoms with Gasteiger partial charge in [-0.1, -0.05) is 30.0 Å². The van der Waals surface area contributed by atoms with Crippen LogP contribution in [0.1, 0.15) is 21.5 Å². The maximum atomic E-state index is 14.1. The minimum absolute atomic E-state index is 0.0254. The first-order valence-electron chi connectivity index (χ1n) is 10.0. The van der Waals surface area contributed by atoms with E-state index >= 15 is 0 Å². The molecule has 0 unspecified atom stereocenters. The Morgan fingerprint density at radius 1 is 0.967 bits per heavy atom. The molecule has 4 rings (SSSR count). The SMILES string of the molecule is Cc1ccc(Sc2ncccc2C(=O)N2CCN(c3ccccc3F)CC2)cc1C. The third-order valence-corrected chi connectivity index (χ3v) is 6.46. The lowest BCUT2D eigenvalue weighted by molar-refractivity contribution is 0.0742. The van der Waals surface area contributed by atoms with Gasteiger partial charge in [0.2, 0.25) is 0 Å². The van der Waals surface area contributed by atoms with Crippen molar-refractivity contribution in [2.45, 2.75) is 23.8 Å². The van der Waals surface area contributed by atoms with Gasteiger partial charge in [-0.3, -0.25) is 4.79 Å². The highest BCUT2D eigenvalue weighted by Gasteiger charge is 2.25. The van der Waals surface area contributed by atoms with Gasteiger partial charge in [0.25, 0.3) is 5.91 Å². The first kappa shape index (κ1) is 20.4. The van der Waals surface area contributed by atoms with E-state index in [1.807, 2.05) is 21.9 Å². The zero-order valence-electron chi connectivity index (χ0n) is 17.1. The summed E-state index contributed by atoms with van der Waals surface area (Å²) in [6.07, 6.45) is 1.72. The van der Waals surface area contributed by atoms with E-state index in [2.05, 4.69) is 37.0 Å². The lowest BCUT2D eigenvalue weighted by Gasteiger charge is -2.36. The number of nitrogens with zero attached hydrogens (tertiary/aromatic N) is 3. The predicted octanol–water partition coefficient (Wildman–Crippen LogP) is 4.95. The number of halogens is 1. The first-order chi connectivity index (χ1) is 14.5. The van der Waals surface area contributed by atoms with Crippen LogP contribution in [0.25, 0.3) is 0 Å². The predicted molar refractivity (Wildman–Crippen MR) is 119 cm³/mol. The molecule has 0 N–H and O–H groups in total. The summed E-state index contributed by atoms with van der Waals surface area (Å²) in [7, 11) is 0. The maximum Gasteiger partial charge on any atom is 0.256 e. The van der Waals surface area contributed by atoms with E-state index in [1.165, 1.54) is 29.0 Å². The highest BCUT2D eigenvalue weighted by molar-refractivity contribution is 7.99. The molecule has 3 aromatic rings. The number of rotatable bonds is 4. The number of carbonyl (C=O) groups excluding carboxylic acids is 1. The van der Waals surface area contributed by atoms with E-state index in [0.29, 0.717) is 42.5 Å². The molecule has 0 atom stereocenters. The summed E-state index contributed by atoms with van der Waals surface area (Å²) < 4.78 is 14.1. The van der Waals surface area contributed by atoms with Gasteiger partial charge in [-0.05, 0) is 61.4 Å². The number of para-hydroxylation sites is 1. The van der Waals surface area contributed by atoms with Crippen molar-refractivity contribution in [2.24, 2.45) is 0 Å². The molecule has 0 saturated carbocycles. The van der Waals surface area contributed by atoms with Crippen LogP contribution >= 0.6 is 11.8 Å². The summed E-state index contributed by atoms with van der Waals surface area (Å²) in [6.45, 7) is 6.48. The van der Waals surface area contributed by atoms with Crippen LogP contribution < -0.4 is 4.90 Å². The number of aromatic nitrogens is 1. The fourth-order valence-corrected chi connectivity index (χ4v) is 4.53. The second kappa shape index (κ2) is 8.88. The highest BCUT2D eigenvalue weighted by Crippen LogP contribution is 2.31. The summed E-state index contributed by atoms with van der Waals surface area (Å²) in [6, 6.07) is 16.7. The molecule has 0 aliphatic carbocycles. The summed E-state index contributed by atoms with van der Waals surface area (Å²) in [5.41, 5.74) is 3.66. The smallest absolute Gasteiger partial charge is 0.256 e. The lowest BCUT2D eigenvalue weighted by atomic mass is 10.1. The zero-order chi connectivity index (χ0) is 21.1. The summed E-state index contributed by atoms with van der Waals surface area (Å²) in [5.74, 6) is -0.251. The van der Waals surface area contributed by atoms with Crippen molar-refractivity contribution in [3.63, 3.8) is 0 Å². The van der Waals surface area contributed by atoms with Gasteiger partial charge >= 0.3 is 0 Å². The number of aryl methyl sites for hydroxylation is 2. The maximum absolute atomic E-state index is 14.1. The lowest BCUT2D eigenvalue weighted by Crippen LogP contribution is -2.49. The largest absolute Gasteiger partial charge is 0.366 e. The number of anilines is 1. The van der Waals surface area contributed by atoms with Gasteiger partial charge < -0.3 is 9.80 Å². The van der Waals surface area contributed by atoms with Crippen molar-refractivity contribution < 1.29 is 9.18 Å². The molecular weight excluding hydrogens is 397 g/mol. The molecule has 1 aliphatic heterocycles. The molecule has 2 aromatic carbocycles. The van der Waals surface area contributed by atoms with Crippen molar-refractivity contribution in [3.8, 4) is 0 Å². The van der Waals surface area contributed by atoms with Crippen LogP contribution in [-0.2, 0) is 0 Å². The van der Waals surface area contributed by atoms with Crippen LogP contribution in [0.15, 0.2) is 70.7 Å². The minimum Gasteiger partial charge on any atom is -0.366 e. The number of pyridine rings is 1. The van der Waals surface area contributed by atoms with E-state index in [0.717, 1.165) is 4.90 Å². The molecule has 0 spiro atoms. The van der Waals surface area contributed by atoms with Gasteiger partial charge in [-0.2, -0.15) is 0 Å². The van der Waals surface area contributed by atoms with Crippen LogP contribution in [0.5, 0.6) is 0 Å². The van der Waals surface area contributed by atoms with Crippen molar-refractivity contribution in [1.29, 1.82) is 0 Å². The Bertz CT molecular complexity index is 1060. The Hall–Kier alpha value is -2.86. The average Bonchev–Trinajstić information content (AvgIpc) is 2.77. The molecule has 1 amide bonds. The van der Waals surface area contributed by atoms with Crippen molar-refractivity contribution in [1.82, 2.24) is 9.88 Å². The van der Waals surface area contributed by atoms with Crippen molar-refractivity contribution in [3.05, 3.63) is 83.3 Å². The number of piperazine rings is 1. The molecule has 6 heteroatoms. The van der Waals surface area contributed by atoms with Crippen LogP contribution in [0.3, 0.4) is 0 Å². The Morgan fingerprint density at radius 2 is 1.73 bits per heavy atom. The molecule has 1 fully saturated rings. The Balaban J connectivity index is 1.48. The van der Waals surface area contributed by atoms with Gasteiger partial charge in [0, 0.05) is 37.3 Å². The third-order valence-electron chi connectivity index (χ3n) is 5.45. The van der Waals surface area contributed by atoms with Gasteiger partial charge in [-0.15, -0.1) is 0 Å². The second-order valence-corrected chi connectivity index (χ2v) is 8.50. The normalized spacial score (nSPS) is 14.1. The number of amides is 1. The van der Waals surface area contributed by atoms with Crippen molar-refractivity contribution >= 4 is 23.4 Å². The molecule has 1 saturated heterocycles. The summed E-state index contributed by atoms with van der Waals surface area (Å²) in [4.78, 5) is 22.6. The number of benzene rings is 2. The molecule has 154 valence electrons. The molecule has 1 aromatic heterocycles. The Kier molecular flexibility index (Phi) is 6.04.